The van der Waals surface area contributed by atoms with Crippen LogP contribution in [0.5, 0.6) is 0 Å². The highest BCUT2D eigenvalue weighted by Crippen LogP contribution is 2.42. The van der Waals surface area contributed by atoms with E-state index in [2.05, 4.69) is 191 Å². The van der Waals surface area contributed by atoms with E-state index in [-0.39, 0.29) is 0 Å². The number of hydrogen-bond acceptors (Lipinski definition) is 3. The van der Waals surface area contributed by atoms with Gasteiger partial charge in [-0.05, 0) is 101 Å². The molecule has 4 nitrogen and oxygen atoms in total. The summed E-state index contributed by atoms with van der Waals surface area (Å²) in [5.41, 5.74) is 14.8. The Bertz CT molecular complexity index is 3500. The first kappa shape index (κ1) is 32.4. The largest absolute Gasteiger partial charge is 0.456 e. The fourth-order valence-electron chi connectivity index (χ4n) is 8.86. The summed E-state index contributed by atoms with van der Waals surface area (Å²) in [5.74, 6) is 0. The molecule has 4 heteroatoms. The molecule has 0 radical (unpaired) electrons. The molecule has 0 unspecified atom stereocenters. The zero-order valence-corrected chi connectivity index (χ0v) is 31.3. The highest BCUT2D eigenvalue weighted by atomic mass is 16.3. The zero-order chi connectivity index (χ0) is 38.2. The Morgan fingerprint density at radius 2 is 0.845 bits per heavy atom. The summed E-state index contributed by atoms with van der Waals surface area (Å²) in [5, 5.41) is 6.86. The second-order valence-electron chi connectivity index (χ2n) is 14.9. The van der Waals surface area contributed by atoms with Crippen molar-refractivity contribution in [1.29, 1.82) is 0 Å². The number of rotatable bonds is 6. The molecule has 0 atom stereocenters. The maximum Gasteiger partial charge on any atom is 0.159 e. The van der Waals surface area contributed by atoms with E-state index >= 15 is 0 Å². The van der Waals surface area contributed by atoms with Gasteiger partial charge in [0.2, 0.25) is 0 Å². The average molecular weight is 743 g/mol. The van der Waals surface area contributed by atoms with Gasteiger partial charge in [-0.1, -0.05) is 127 Å². The fraction of sp³-hybridized carbons (Fsp3) is 0. The lowest BCUT2D eigenvalue weighted by atomic mass is 10.0. The first-order valence-electron chi connectivity index (χ1n) is 19.7. The van der Waals surface area contributed by atoms with E-state index in [0.29, 0.717) is 0 Å². The molecule has 0 bridgehead atoms. The molecule has 0 fully saturated rings. The zero-order valence-electron chi connectivity index (χ0n) is 31.3. The molecule has 0 N–H and O–H groups in total. The van der Waals surface area contributed by atoms with Crippen LogP contribution in [0.3, 0.4) is 0 Å². The minimum atomic E-state index is 0.880. The van der Waals surface area contributed by atoms with Crippen LogP contribution in [0, 0.1) is 0 Å². The van der Waals surface area contributed by atoms with Crippen molar-refractivity contribution >= 4 is 82.7 Å². The minimum absolute atomic E-state index is 0.880. The first-order chi connectivity index (χ1) is 28.7. The molecule has 0 saturated carbocycles. The Kier molecular flexibility index (Phi) is 7.20. The highest BCUT2D eigenvalue weighted by Gasteiger charge is 2.19. The Labute approximate surface area is 334 Å². The average Bonchev–Trinajstić information content (AvgIpc) is 3.97. The molecule has 58 heavy (non-hydrogen) atoms. The Hall–Kier alpha value is -7.82. The Balaban J connectivity index is 0.967. The van der Waals surface area contributed by atoms with Gasteiger partial charge in [0.05, 0.1) is 16.7 Å². The van der Waals surface area contributed by atoms with Crippen molar-refractivity contribution < 1.29 is 8.83 Å². The van der Waals surface area contributed by atoms with Crippen LogP contribution >= 0.6 is 0 Å². The van der Waals surface area contributed by atoms with E-state index in [1.54, 1.807) is 0 Å². The van der Waals surface area contributed by atoms with Gasteiger partial charge in [0.25, 0.3) is 0 Å². The number of nitrogens with zero attached hydrogens (tertiary/aromatic N) is 2. The van der Waals surface area contributed by atoms with Gasteiger partial charge in [-0.2, -0.15) is 0 Å². The van der Waals surface area contributed by atoms with Crippen molar-refractivity contribution in [2.75, 3.05) is 4.90 Å². The van der Waals surface area contributed by atoms with Crippen molar-refractivity contribution in [3.05, 3.63) is 206 Å². The standard InChI is InChI=1S/C54H34N2O2/c1-2-11-35(12-3-1)36-21-26-39(27-22-36)55(41-30-32-53-47(34-41)44-15-6-8-19-51(44)57-53)40-28-23-37(24-29-40)38-25-31-49-46(33-38)42-13-4-7-17-48(42)56(49)50-18-10-16-45-43-14-5-9-20-52(43)58-54(45)50/h1-34H. The van der Waals surface area contributed by atoms with Gasteiger partial charge in [0.15, 0.2) is 5.58 Å². The van der Waals surface area contributed by atoms with Crippen LogP contribution in [0.15, 0.2) is 215 Å². The van der Waals surface area contributed by atoms with Crippen molar-refractivity contribution in [2.24, 2.45) is 0 Å². The van der Waals surface area contributed by atoms with Crippen LogP contribution in [-0.2, 0) is 0 Å². The summed E-state index contributed by atoms with van der Waals surface area (Å²) < 4.78 is 15.1. The van der Waals surface area contributed by atoms with Crippen LogP contribution in [-0.4, -0.2) is 4.57 Å². The molecule has 9 aromatic carbocycles. The molecule has 0 aliphatic carbocycles. The van der Waals surface area contributed by atoms with E-state index in [4.69, 9.17) is 8.83 Å². The normalized spacial score (nSPS) is 11.8. The monoisotopic (exact) mass is 742 g/mol. The van der Waals surface area contributed by atoms with Gasteiger partial charge in [-0.15, -0.1) is 0 Å². The van der Waals surface area contributed by atoms with Crippen LogP contribution in [0.1, 0.15) is 0 Å². The molecule has 0 aliphatic heterocycles. The lowest BCUT2D eigenvalue weighted by Gasteiger charge is -2.26. The predicted molar refractivity (Wildman–Crippen MR) is 241 cm³/mol. The molecule has 272 valence electrons. The molecule has 0 aliphatic rings. The van der Waals surface area contributed by atoms with Gasteiger partial charge in [0, 0.05) is 49.4 Å². The highest BCUT2D eigenvalue weighted by molar-refractivity contribution is 6.13. The second kappa shape index (κ2) is 12.9. The Morgan fingerprint density at radius 3 is 1.60 bits per heavy atom. The predicted octanol–water partition coefficient (Wildman–Crippen LogP) is 15.4. The molecule has 0 saturated heterocycles. The summed E-state index contributed by atoms with van der Waals surface area (Å²) in [7, 11) is 0. The third kappa shape index (κ3) is 5.09. The van der Waals surface area contributed by atoms with Gasteiger partial charge in [-0.25, -0.2) is 0 Å². The second-order valence-corrected chi connectivity index (χ2v) is 14.9. The van der Waals surface area contributed by atoms with Gasteiger partial charge in [0.1, 0.15) is 16.7 Å². The number of anilines is 3. The van der Waals surface area contributed by atoms with Crippen molar-refractivity contribution in [2.45, 2.75) is 0 Å². The van der Waals surface area contributed by atoms with Gasteiger partial charge < -0.3 is 18.3 Å². The number of hydrogen-bond donors (Lipinski definition) is 0. The summed E-state index contributed by atoms with van der Waals surface area (Å²) in [4.78, 5) is 2.33. The maximum atomic E-state index is 6.52. The third-order valence-corrected chi connectivity index (χ3v) is 11.6. The van der Waals surface area contributed by atoms with Gasteiger partial charge in [-0.3, -0.25) is 0 Å². The van der Waals surface area contributed by atoms with E-state index in [0.717, 1.165) is 88.8 Å². The number of benzene rings is 9. The van der Waals surface area contributed by atoms with E-state index < -0.39 is 0 Å². The Morgan fingerprint density at radius 1 is 0.310 bits per heavy atom. The summed E-state index contributed by atoms with van der Waals surface area (Å²) >= 11 is 0. The van der Waals surface area contributed by atoms with Crippen LogP contribution < -0.4 is 4.90 Å². The molecular formula is C54H34N2O2. The third-order valence-electron chi connectivity index (χ3n) is 11.6. The van der Waals surface area contributed by atoms with E-state index in [9.17, 15) is 0 Å². The minimum Gasteiger partial charge on any atom is -0.456 e. The van der Waals surface area contributed by atoms with E-state index in [1.807, 2.05) is 24.3 Å². The van der Waals surface area contributed by atoms with Gasteiger partial charge >= 0.3 is 0 Å². The van der Waals surface area contributed by atoms with Crippen LogP contribution in [0.25, 0.3) is 93.6 Å². The number of fused-ring (bicyclic) bond motifs is 9. The number of furan rings is 2. The summed E-state index contributed by atoms with van der Waals surface area (Å²) in [6.07, 6.45) is 0. The number of aromatic nitrogens is 1. The quantitative estimate of drug-likeness (QED) is 0.170. The molecule has 3 aromatic heterocycles. The van der Waals surface area contributed by atoms with Crippen LogP contribution in [0.2, 0.25) is 0 Å². The van der Waals surface area contributed by atoms with E-state index in [1.165, 1.54) is 21.9 Å². The molecule has 12 rings (SSSR count). The first-order valence-corrected chi connectivity index (χ1v) is 19.7. The molecule has 0 spiro atoms. The summed E-state index contributed by atoms with van der Waals surface area (Å²) in [6, 6.07) is 73.3. The lowest BCUT2D eigenvalue weighted by molar-refractivity contribution is 0.666. The molecular weight excluding hydrogens is 709 g/mol. The van der Waals surface area contributed by atoms with Crippen molar-refractivity contribution in [1.82, 2.24) is 4.57 Å². The maximum absolute atomic E-state index is 6.52. The molecule has 0 amide bonds. The summed E-state index contributed by atoms with van der Waals surface area (Å²) in [6.45, 7) is 0. The molecule has 3 heterocycles. The number of para-hydroxylation sites is 4. The lowest BCUT2D eigenvalue weighted by Crippen LogP contribution is -2.09. The molecule has 12 aromatic rings. The SMILES string of the molecule is c1ccc(-c2ccc(N(c3ccc(-c4ccc5c(c4)c4ccccc4n5-c4cccc5c4oc4ccccc45)cc3)c3ccc4oc5ccccc5c4c3)cc2)cc1. The van der Waals surface area contributed by atoms with Crippen molar-refractivity contribution in [3.63, 3.8) is 0 Å². The topological polar surface area (TPSA) is 34.5 Å². The fourth-order valence-corrected chi connectivity index (χ4v) is 8.86. The van der Waals surface area contributed by atoms with Crippen molar-refractivity contribution in [3.8, 4) is 27.9 Å². The van der Waals surface area contributed by atoms with Crippen LogP contribution in [0.4, 0.5) is 17.1 Å². The smallest absolute Gasteiger partial charge is 0.159 e.